The van der Waals surface area contributed by atoms with Gasteiger partial charge >= 0.3 is 6.09 Å². The summed E-state index contributed by atoms with van der Waals surface area (Å²) in [5, 5.41) is 5.45. The molecule has 0 spiro atoms. The maximum absolute atomic E-state index is 11.9. The minimum Gasteiger partial charge on any atom is -0.445 e. The lowest BCUT2D eigenvalue weighted by molar-refractivity contribution is 0.137. The Hall–Kier alpha value is -1.62. The number of amides is 1. The molecule has 1 amide bonds. The molecule has 0 aliphatic carbocycles. The Morgan fingerprint density at radius 2 is 1.57 bits per heavy atom. The van der Waals surface area contributed by atoms with Crippen LogP contribution in [0.2, 0.25) is 0 Å². The van der Waals surface area contributed by atoms with Crippen LogP contribution in [-0.2, 0) is 11.3 Å². The second kappa shape index (κ2) is 8.29. The first-order chi connectivity index (χ1) is 10.9. The summed E-state index contributed by atoms with van der Waals surface area (Å²) in [5.41, 5.74) is 1.57. The fraction of sp³-hybridized carbons (Fsp3) is 0.188. The van der Waals surface area contributed by atoms with Gasteiger partial charge in [0, 0.05) is 5.69 Å². The summed E-state index contributed by atoms with van der Waals surface area (Å²) in [6.07, 6.45) is -1.63. The van der Waals surface area contributed by atoms with E-state index in [9.17, 15) is 4.79 Å². The zero-order chi connectivity index (χ0) is 16.7. The minimum absolute atomic E-state index is 0.130. The first kappa shape index (κ1) is 17.7. The lowest BCUT2D eigenvalue weighted by atomic mass is 10.2. The largest absolute Gasteiger partial charge is 0.445 e. The Labute approximate surface area is 149 Å². The Balaban J connectivity index is 1.93. The number of benzene rings is 2. The van der Waals surface area contributed by atoms with E-state index in [1.54, 1.807) is 12.1 Å². The van der Waals surface area contributed by atoms with Crippen molar-refractivity contribution in [3.05, 3.63) is 66.2 Å². The first-order valence-corrected chi connectivity index (χ1v) is 7.94. The summed E-state index contributed by atoms with van der Waals surface area (Å²) in [6.45, 7) is 0.130. The lowest BCUT2D eigenvalue weighted by Crippen LogP contribution is -2.49. The Bertz CT molecular complexity index is 618. The van der Waals surface area contributed by atoms with Crippen molar-refractivity contribution in [1.29, 1.82) is 0 Å². The average Bonchev–Trinajstić information content (AvgIpc) is 2.53. The number of rotatable bonds is 5. The van der Waals surface area contributed by atoms with Gasteiger partial charge in [0.25, 0.3) is 0 Å². The molecule has 0 aliphatic heterocycles. The van der Waals surface area contributed by atoms with Crippen LogP contribution >= 0.6 is 34.8 Å². The highest BCUT2D eigenvalue weighted by Gasteiger charge is 2.34. The monoisotopic (exact) mass is 372 g/mol. The molecule has 0 saturated heterocycles. The standard InChI is InChI=1S/C16H15Cl3N2O2/c17-16(18,19)14(20-13-9-5-2-6-10-13)21-15(22)23-11-12-7-3-1-4-8-12/h1-10,14,20H,11H2,(H,21,22)/t14-/m1/s1. The van der Waals surface area contributed by atoms with Gasteiger partial charge in [-0.3, -0.25) is 5.32 Å². The SMILES string of the molecule is O=C(N[C@@H](Nc1ccccc1)C(Cl)(Cl)Cl)OCc1ccccc1. The molecule has 23 heavy (non-hydrogen) atoms. The normalized spacial score (nSPS) is 12.3. The number of carbonyl (C=O) groups is 1. The lowest BCUT2D eigenvalue weighted by Gasteiger charge is -2.27. The summed E-state index contributed by atoms with van der Waals surface area (Å²) in [6, 6.07) is 18.4. The molecule has 2 N–H and O–H groups in total. The number of alkyl halides is 3. The third-order valence-electron chi connectivity index (χ3n) is 2.89. The van der Waals surface area contributed by atoms with Gasteiger partial charge in [0.15, 0.2) is 0 Å². The van der Waals surface area contributed by atoms with Crippen molar-refractivity contribution in [2.75, 3.05) is 5.32 Å². The molecule has 0 radical (unpaired) electrons. The predicted octanol–water partition coefficient (Wildman–Crippen LogP) is 4.72. The van der Waals surface area contributed by atoms with Crippen molar-refractivity contribution < 1.29 is 9.53 Å². The topological polar surface area (TPSA) is 50.4 Å². The van der Waals surface area contributed by atoms with Crippen LogP contribution in [0.3, 0.4) is 0 Å². The second-order valence-electron chi connectivity index (χ2n) is 4.69. The number of para-hydroxylation sites is 1. The minimum atomic E-state index is -1.75. The van der Waals surface area contributed by atoms with E-state index in [4.69, 9.17) is 39.5 Å². The molecule has 0 fully saturated rings. The summed E-state index contributed by atoms with van der Waals surface area (Å²) in [5.74, 6) is 0. The molecule has 2 rings (SSSR count). The smallest absolute Gasteiger partial charge is 0.409 e. The Morgan fingerprint density at radius 3 is 2.13 bits per heavy atom. The van der Waals surface area contributed by atoms with E-state index < -0.39 is 16.1 Å². The van der Waals surface area contributed by atoms with Gasteiger partial charge in [-0.15, -0.1) is 0 Å². The molecule has 2 aromatic carbocycles. The van der Waals surface area contributed by atoms with Crippen molar-refractivity contribution in [1.82, 2.24) is 5.32 Å². The van der Waals surface area contributed by atoms with Gasteiger partial charge in [-0.2, -0.15) is 0 Å². The van der Waals surface area contributed by atoms with Crippen LogP contribution in [0.4, 0.5) is 10.5 Å². The number of nitrogens with one attached hydrogen (secondary N) is 2. The van der Waals surface area contributed by atoms with Gasteiger partial charge in [-0.25, -0.2) is 4.79 Å². The van der Waals surface area contributed by atoms with Crippen LogP contribution in [0, 0.1) is 0 Å². The molecule has 0 heterocycles. The van der Waals surface area contributed by atoms with Crippen LogP contribution in [0.5, 0.6) is 0 Å². The van der Waals surface area contributed by atoms with E-state index >= 15 is 0 Å². The van der Waals surface area contributed by atoms with Crippen molar-refractivity contribution in [2.24, 2.45) is 0 Å². The molecule has 4 nitrogen and oxygen atoms in total. The molecular formula is C16H15Cl3N2O2. The molecule has 0 unspecified atom stereocenters. The van der Waals surface area contributed by atoms with Gasteiger partial charge < -0.3 is 10.1 Å². The second-order valence-corrected chi connectivity index (χ2v) is 7.06. The fourth-order valence-corrected chi connectivity index (χ4v) is 2.11. The highest BCUT2D eigenvalue weighted by Crippen LogP contribution is 2.31. The van der Waals surface area contributed by atoms with Crippen LogP contribution in [-0.4, -0.2) is 16.1 Å². The van der Waals surface area contributed by atoms with E-state index in [-0.39, 0.29) is 6.61 Å². The van der Waals surface area contributed by atoms with Crippen LogP contribution in [0.15, 0.2) is 60.7 Å². The Kier molecular flexibility index (Phi) is 6.39. The van der Waals surface area contributed by atoms with Crippen molar-refractivity contribution in [3.8, 4) is 0 Å². The maximum atomic E-state index is 11.9. The highest BCUT2D eigenvalue weighted by molar-refractivity contribution is 6.68. The summed E-state index contributed by atoms with van der Waals surface area (Å²) >= 11 is 17.7. The van der Waals surface area contributed by atoms with Crippen LogP contribution in [0.25, 0.3) is 0 Å². The molecule has 0 bridgehead atoms. The fourth-order valence-electron chi connectivity index (χ4n) is 1.78. The number of hydrogen-bond donors (Lipinski definition) is 2. The number of carbonyl (C=O) groups excluding carboxylic acids is 1. The third-order valence-corrected chi connectivity index (χ3v) is 3.54. The maximum Gasteiger partial charge on any atom is 0.409 e. The highest BCUT2D eigenvalue weighted by atomic mass is 35.6. The summed E-state index contributed by atoms with van der Waals surface area (Å²) < 4.78 is 3.38. The molecule has 0 aromatic heterocycles. The molecule has 0 aliphatic rings. The average molecular weight is 374 g/mol. The molecule has 1 atom stereocenters. The van der Waals surface area contributed by atoms with Crippen LogP contribution < -0.4 is 10.6 Å². The van der Waals surface area contributed by atoms with Crippen molar-refractivity contribution in [2.45, 2.75) is 16.6 Å². The van der Waals surface area contributed by atoms with Gasteiger partial charge in [-0.05, 0) is 17.7 Å². The van der Waals surface area contributed by atoms with E-state index in [0.29, 0.717) is 5.69 Å². The first-order valence-electron chi connectivity index (χ1n) is 6.80. The quantitative estimate of drug-likeness (QED) is 0.589. The summed E-state index contributed by atoms with van der Waals surface area (Å²) in [7, 11) is 0. The van der Waals surface area contributed by atoms with Crippen molar-refractivity contribution in [3.63, 3.8) is 0 Å². The Morgan fingerprint density at radius 1 is 1.00 bits per heavy atom. The van der Waals surface area contributed by atoms with Gasteiger partial charge in [0.2, 0.25) is 3.79 Å². The molecular weight excluding hydrogens is 359 g/mol. The molecule has 7 heteroatoms. The summed E-state index contributed by atoms with van der Waals surface area (Å²) in [4.78, 5) is 11.9. The number of alkyl carbamates (subject to hydrolysis) is 1. The molecule has 0 saturated carbocycles. The van der Waals surface area contributed by atoms with E-state index in [0.717, 1.165) is 5.56 Å². The number of halogens is 3. The predicted molar refractivity (Wildman–Crippen MR) is 93.9 cm³/mol. The van der Waals surface area contributed by atoms with Crippen LogP contribution in [0.1, 0.15) is 5.56 Å². The van der Waals surface area contributed by atoms with Gasteiger partial charge in [-0.1, -0.05) is 83.3 Å². The van der Waals surface area contributed by atoms with E-state index in [1.165, 1.54) is 0 Å². The van der Waals surface area contributed by atoms with Gasteiger partial charge in [0.05, 0.1) is 0 Å². The number of ether oxygens (including phenoxy) is 1. The van der Waals surface area contributed by atoms with Gasteiger partial charge in [0.1, 0.15) is 12.8 Å². The van der Waals surface area contributed by atoms with E-state index in [1.807, 2.05) is 48.5 Å². The molecule has 122 valence electrons. The third kappa shape index (κ3) is 6.18. The zero-order valence-electron chi connectivity index (χ0n) is 12.0. The number of anilines is 1. The van der Waals surface area contributed by atoms with Crippen molar-refractivity contribution >= 4 is 46.6 Å². The van der Waals surface area contributed by atoms with E-state index in [2.05, 4.69) is 10.6 Å². The zero-order valence-corrected chi connectivity index (χ0v) is 14.3. The molecule has 2 aromatic rings. The number of hydrogen-bond acceptors (Lipinski definition) is 3.